The summed E-state index contributed by atoms with van der Waals surface area (Å²) in [6, 6.07) is 7.25. The van der Waals surface area contributed by atoms with Crippen molar-refractivity contribution in [1.29, 1.82) is 0 Å². The summed E-state index contributed by atoms with van der Waals surface area (Å²) in [7, 11) is 0. The van der Waals surface area contributed by atoms with Crippen LogP contribution in [0, 0.1) is 0 Å². The Hall–Kier alpha value is -0.900. The molecule has 0 fully saturated rings. The van der Waals surface area contributed by atoms with E-state index in [-0.39, 0.29) is 10.9 Å². The van der Waals surface area contributed by atoms with Crippen molar-refractivity contribution in [3.8, 4) is 10.6 Å². The van der Waals surface area contributed by atoms with Crippen molar-refractivity contribution in [3.63, 3.8) is 0 Å². The normalized spacial score (nSPS) is 10.4. The number of carbonyl (C=O) groups excluding carboxylic acids is 1. The average Bonchev–Trinajstić information content (AvgIpc) is 2.61. The maximum absolute atomic E-state index is 11.2. The van der Waals surface area contributed by atoms with Crippen LogP contribution >= 0.6 is 34.5 Å². The van der Waals surface area contributed by atoms with Gasteiger partial charge in [-0.2, -0.15) is 0 Å². The monoisotopic (exact) mass is 271 g/mol. The van der Waals surface area contributed by atoms with Crippen molar-refractivity contribution in [3.05, 3.63) is 39.3 Å². The molecule has 1 aromatic carbocycles. The van der Waals surface area contributed by atoms with Crippen LogP contribution in [-0.4, -0.2) is 10.8 Å². The molecule has 0 aliphatic heterocycles. The summed E-state index contributed by atoms with van der Waals surface area (Å²) in [6.07, 6.45) is 0. The summed E-state index contributed by atoms with van der Waals surface area (Å²) in [5.74, 6) is -0.0669. The SMILES string of the molecule is CC(=O)c1sc(-c2ccc(Cl)cc2)nc1Cl. The molecule has 0 unspecified atom stereocenters. The van der Waals surface area contributed by atoms with Crippen LogP contribution in [0.15, 0.2) is 24.3 Å². The standard InChI is InChI=1S/C11H7Cl2NOS/c1-6(15)9-10(13)14-11(16-9)7-2-4-8(12)5-3-7/h2-5H,1H3. The van der Waals surface area contributed by atoms with Gasteiger partial charge in [0.15, 0.2) is 10.9 Å². The lowest BCUT2D eigenvalue weighted by molar-refractivity contribution is 0.102. The highest BCUT2D eigenvalue weighted by atomic mass is 35.5. The van der Waals surface area contributed by atoms with Crippen molar-refractivity contribution in [2.75, 3.05) is 0 Å². The van der Waals surface area contributed by atoms with Gasteiger partial charge in [0.1, 0.15) is 9.88 Å². The fourth-order valence-electron chi connectivity index (χ4n) is 1.23. The molecule has 1 aromatic heterocycles. The first-order valence-corrected chi connectivity index (χ1v) is 6.08. The number of hydrogen-bond acceptors (Lipinski definition) is 3. The van der Waals surface area contributed by atoms with Crippen LogP contribution in [0.2, 0.25) is 10.2 Å². The molecule has 0 spiro atoms. The third-order valence-electron chi connectivity index (χ3n) is 2.00. The summed E-state index contributed by atoms with van der Waals surface area (Å²) in [5.41, 5.74) is 0.906. The molecule has 16 heavy (non-hydrogen) atoms. The molecule has 2 aromatic rings. The quantitative estimate of drug-likeness (QED) is 0.762. The number of Topliss-reactive ketones (excluding diaryl/α,β-unsaturated/α-hetero) is 1. The number of hydrogen-bond donors (Lipinski definition) is 0. The molecule has 0 N–H and O–H groups in total. The zero-order valence-electron chi connectivity index (χ0n) is 8.33. The first-order chi connectivity index (χ1) is 7.58. The highest BCUT2D eigenvalue weighted by Gasteiger charge is 2.13. The van der Waals surface area contributed by atoms with Crippen molar-refractivity contribution in [2.24, 2.45) is 0 Å². The van der Waals surface area contributed by atoms with Gasteiger partial charge in [0.25, 0.3) is 0 Å². The fourth-order valence-corrected chi connectivity index (χ4v) is 2.60. The molecule has 0 saturated carbocycles. The van der Waals surface area contributed by atoms with E-state index in [2.05, 4.69) is 4.98 Å². The maximum atomic E-state index is 11.2. The van der Waals surface area contributed by atoms with Gasteiger partial charge in [0.05, 0.1) is 0 Å². The maximum Gasteiger partial charge on any atom is 0.172 e. The van der Waals surface area contributed by atoms with E-state index < -0.39 is 0 Å². The van der Waals surface area contributed by atoms with Gasteiger partial charge in [-0.1, -0.05) is 35.3 Å². The second kappa shape index (κ2) is 4.53. The number of rotatable bonds is 2. The Morgan fingerprint density at radius 3 is 2.38 bits per heavy atom. The fraction of sp³-hybridized carbons (Fsp3) is 0.0909. The van der Waals surface area contributed by atoms with E-state index in [0.29, 0.717) is 9.90 Å². The number of aromatic nitrogens is 1. The van der Waals surface area contributed by atoms with Crippen molar-refractivity contribution in [1.82, 2.24) is 4.98 Å². The van der Waals surface area contributed by atoms with Gasteiger partial charge in [-0.05, 0) is 12.1 Å². The van der Waals surface area contributed by atoms with E-state index in [1.165, 1.54) is 18.3 Å². The second-order valence-electron chi connectivity index (χ2n) is 3.20. The van der Waals surface area contributed by atoms with Crippen LogP contribution in [0.4, 0.5) is 0 Å². The number of carbonyl (C=O) groups is 1. The molecule has 5 heteroatoms. The molecule has 2 rings (SSSR count). The Bertz CT molecular complexity index is 533. The Balaban J connectivity index is 2.45. The molecule has 1 heterocycles. The van der Waals surface area contributed by atoms with Crippen LogP contribution in [-0.2, 0) is 0 Å². The largest absolute Gasteiger partial charge is 0.293 e. The molecule has 0 saturated heterocycles. The van der Waals surface area contributed by atoms with Gasteiger partial charge in [0.2, 0.25) is 0 Å². The second-order valence-corrected chi connectivity index (χ2v) is 5.00. The summed E-state index contributed by atoms with van der Waals surface area (Å²) in [4.78, 5) is 15.9. The topological polar surface area (TPSA) is 30.0 Å². The zero-order chi connectivity index (χ0) is 11.7. The van der Waals surface area contributed by atoms with Gasteiger partial charge < -0.3 is 0 Å². The predicted octanol–water partition coefficient (Wildman–Crippen LogP) is 4.32. The van der Waals surface area contributed by atoms with Gasteiger partial charge in [-0.15, -0.1) is 11.3 Å². The van der Waals surface area contributed by atoms with E-state index in [1.807, 2.05) is 12.1 Å². The third kappa shape index (κ3) is 2.26. The van der Waals surface area contributed by atoms with Gasteiger partial charge in [-0.3, -0.25) is 4.79 Å². The van der Waals surface area contributed by atoms with Crippen molar-refractivity contribution >= 4 is 40.3 Å². The number of thiazole rings is 1. The average molecular weight is 272 g/mol. The lowest BCUT2D eigenvalue weighted by Gasteiger charge is -1.94. The number of ketones is 1. The first-order valence-electron chi connectivity index (χ1n) is 4.51. The molecular formula is C11H7Cl2NOS. The molecule has 0 atom stereocenters. The minimum Gasteiger partial charge on any atom is -0.293 e. The van der Waals surface area contributed by atoms with Crippen molar-refractivity contribution < 1.29 is 4.79 Å². The van der Waals surface area contributed by atoms with E-state index in [4.69, 9.17) is 23.2 Å². The number of halogens is 2. The minimum absolute atomic E-state index is 0.0669. The Kier molecular flexibility index (Phi) is 3.28. The summed E-state index contributed by atoms with van der Waals surface area (Å²) < 4.78 is 0. The van der Waals surface area contributed by atoms with E-state index in [1.54, 1.807) is 12.1 Å². The molecule has 2 nitrogen and oxygen atoms in total. The van der Waals surface area contributed by atoms with E-state index in [0.717, 1.165) is 10.6 Å². The minimum atomic E-state index is -0.0669. The Labute approximate surface area is 107 Å². The summed E-state index contributed by atoms with van der Waals surface area (Å²) in [5, 5.41) is 1.66. The Morgan fingerprint density at radius 2 is 1.88 bits per heavy atom. The smallest absolute Gasteiger partial charge is 0.172 e. The van der Waals surface area contributed by atoms with Crippen LogP contribution in [0.1, 0.15) is 16.6 Å². The van der Waals surface area contributed by atoms with Crippen LogP contribution in [0.25, 0.3) is 10.6 Å². The predicted molar refractivity (Wildman–Crippen MR) is 67.6 cm³/mol. The summed E-state index contributed by atoms with van der Waals surface area (Å²) in [6.45, 7) is 1.48. The molecule has 82 valence electrons. The van der Waals surface area contributed by atoms with E-state index >= 15 is 0 Å². The molecule has 0 radical (unpaired) electrons. The highest BCUT2D eigenvalue weighted by Crippen LogP contribution is 2.31. The molecular weight excluding hydrogens is 265 g/mol. The summed E-state index contributed by atoms with van der Waals surface area (Å²) >= 11 is 13.0. The molecule has 0 aliphatic rings. The van der Waals surface area contributed by atoms with Gasteiger partial charge in [0, 0.05) is 17.5 Å². The highest BCUT2D eigenvalue weighted by molar-refractivity contribution is 7.17. The Morgan fingerprint density at radius 1 is 1.25 bits per heavy atom. The van der Waals surface area contributed by atoms with Gasteiger partial charge in [-0.25, -0.2) is 4.98 Å². The molecule has 0 amide bonds. The first kappa shape index (κ1) is 11.6. The number of benzene rings is 1. The molecule has 0 aliphatic carbocycles. The molecule has 0 bridgehead atoms. The van der Waals surface area contributed by atoms with Crippen LogP contribution < -0.4 is 0 Å². The van der Waals surface area contributed by atoms with Crippen molar-refractivity contribution in [2.45, 2.75) is 6.92 Å². The number of nitrogens with zero attached hydrogens (tertiary/aromatic N) is 1. The van der Waals surface area contributed by atoms with E-state index in [9.17, 15) is 4.79 Å². The van der Waals surface area contributed by atoms with Gasteiger partial charge >= 0.3 is 0 Å². The lowest BCUT2D eigenvalue weighted by atomic mass is 10.2. The van der Waals surface area contributed by atoms with Crippen LogP contribution in [0.5, 0.6) is 0 Å². The zero-order valence-corrected chi connectivity index (χ0v) is 10.7. The van der Waals surface area contributed by atoms with Crippen LogP contribution in [0.3, 0.4) is 0 Å². The lowest BCUT2D eigenvalue weighted by Crippen LogP contribution is -1.86. The third-order valence-corrected chi connectivity index (χ3v) is 3.84.